The molecule has 3 nitrogen and oxygen atoms in total. The number of ketones is 1. The molecule has 0 aliphatic rings. The zero-order chi connectivity index (χ0) is 6.57. The third-order valence-electron chi connectivity index (χ3n) is 0.567. The van der Waals surface area contributed by atoms with Crippen LogP contribution in [0.1, 0.15) is 6.92 Å². The summed E-state index contributed by atoms with van der Waals surface area (Å²) in [6, 6.07) is 0. The molecule has 0 spiro atoms. The highest BCUT2D eigenvalue weighted by Crippen LogP contribution is 1.92. The van der Waals surface area contributed by atoms with E-state index in [0.29, 0.717) is 0 Å². The highest BCUT2D eigenvalue weighted by atomic mass is 16.6. The molecule has 0 N–H and O–H groups in total. The van der Waals surface area contributed by atoms with E-state index in [4.69, 9.17) is 0 Å². The minimum absolute atomic E-state index is 0.0139. The minimum Gasteiger partial charge on any atom is -0.354 e. The Hall–Kier alpha value is -1.12. The lowest BCUT2D eigenvalue weighted by Crippen LogP contribution is -1.94. The van der Waals surface area contributed by atoms with E-state index in [1.54, 1.807) is 0 Å². The fourth-order valence-corrected chi connectivity index (χ4v) is 0.142. The predicted octanol–water partition coefficient (Wildman–Crippen LogP) is 0.721. The van der Waals surface area contributed by atoms with Gasteiger partial charge in [-0.25, -0.2) is 0 Å². The molecule has 0 unspecified atom stereocenters. The van der Waals surface area contributed by atoms with Crippen molar-refractivity contribution < 1.29 is 9.63 Å². The molecule has 8 heavy (non-hydrogen) atoms. The smallest absolute Gasteiger partial charge is 0.197 e. The van der Waals surface area contributed by atoms with Gasteiger partial charge in [0.15, 0.2) is 11.5 Å². The van der Waals surface area contributed by atoms with E-state index in [1.807, 2.05) is 0 Å². The average molecular weight is 113 g/mol. The Kier molecular flexibility index (Phi) is 2.54. The van der Waals surface area contributed by atoms with Gasteiger partial charge in [0.1, 0.15) is 0 Å². The number of rotatable bonds is 3. The summed E-state index contributed by atoms with van der Waals surface area (Å²) in [6.45, 7) is 7.58. The first kappa shape index (κ1) is 6.88. The van der Waals surface area contributed by atoms with Gasteiger partial charge in [-0.3, -0.25) is 4.79 Å². The van der Waals surface area contributed by atoms with E-state index in [2.05, 4.69) is 23.3 Å². The van der Waals surface area contributed by atoms with Crippen molar-refractivity contribution in [1.29, 1.82) is 0 Å². The standard InChI is InChI=1S/C5H7NO2/c1-4(7)5(2)8-6-3/h2-3H2,1H3. The topological polar surface area (TPSA) is 38.7 Å². The zero-order valence-electron chi connectivity index (χ0n) is 4.68. The summed E-state index contributed by atoms with van der Waals surface area (Å²) in [5.74, 6) is -0.225. The Morgan fingerprint density at radius 1 is 1.75 bits per heavy atom. The van der Waals surface area contributed by atoms with Crippen molar-refractivity contribution in [3.8, 4) is 0 Å². The van der Waals surface area contributed by atoms with Crippen molar-refractivity contribution in [1.82, 2.24) is 0 Å². The van der Waals surface area contributed by atoms with Crippen LogP contribution in [0.3, 0.4) is 0 Å². The van der Waals surface area contributed by atoms with Gasteiger partial charge in [0.25, 0.3) is 0 Å². The Morgan fingerprint density at radius 3 is 2.38 bits per heavy atom. The van der Waals surface area contributed by atoms with Gasteiger partial charge < -0.3 is 4.84 Å². The molecule has 0 amide bonds. The zero-order valence-corrected chi connectivity index (χ0v) is 4.68. The lowest BCUT2D eigenvalue weighted by molar-refractivity contribution is -0.116. The van der Waals surface area contributed by atoms with Crippen molar-refractivity contribution in [2.24, 2.45) is 5.16 Å². The van der Waals surface area contributed by atoms with Crippen LogP contribution in [0.5, 0.6) is 0 Å². The monoisotopic (exact) mass is 113 g/mol. The number of nitrogens with zero attached hydrogens (tertiary/aromatic N) is 1. The maximum atomic E-state index is 10.2. The molecule has 0 aliphatic heterocycles. The van der Waals surface area contributed by atoms with Gasteiger partial charge in [0.2, 0.25) is 0 Å². The van der Waals surface area contributed by atoms with Crippen LogP contribution in [0.15, 0.2) is 17.5 Å². The Labute approximate surface area is 47.6 Å². The van der Waals surface area contributed by atoms with E-state index in [0.717, 1.165) is 0 Å². The summed E-state index contributed by atoms with van der Waals surface area (Å²) in [6.07, 6.45) is 0. The largest absolute Gasteiger partial charge is 0.354 e. The average Bonchev–Trinajstić information content (AvgIpc) is 1.67. The van der Waals surface area contributed by atoms with Crippen molar-refractivity contribution in [2.45, 2.75) is 6.92 Å². The first-order valence-electron chi connectivity index (χ1n) is 2.01. The van der Waals surface area contributed by atoms with E-state index < -0.39 is 0 Å². The third-order valence-corrected chi connectivity index (χ3v) is 0.567. The summed E-state index contributed by atoms with van der Waals surface area (Å²) in [7, 11) is 0. The van der Waals surface area contributed by atoms with Crippen molar-refractivity contribution in [2.75, 3.05) is 0 Å². The fourth-order valence-electron chi connectivity index (χ4n) is 0.142. The molecule has 0 aromatic heterocycles. The summed E-state index contributed by atoms with van der Waals surface area (Å²) < 4.78 is 0. The van der Waals surface area contributed by atoms with Crippen LogP contribution in [-0.2, 0) is 9.63 Å². The molecule has 0 saturated heterocycles. The number of carbonyl (C=O) groups is 1. The molecule has 3 heteroatoms. The SMILES string of the molecule is C=NOC(=C)C(C)=O. The summed E-state index contributed by atoms with van der Waals surface area (Å²) in [5.41, 5.74) is 0. The molecular weight excluding hydrogens is 106 g/mol. The Morgan fingerprint density at radius 2 is 2.25 bits per heavy atom. The maximum Gasteiger partial charge on any atom is 0.197 e. The molecule has 0 rings (SSSR count). The van der Waals surface area contributed by atoms with Crippen LogP contribution >= 0.6 is 0 Å². The summed E-state index contributed by atoms with van der Waals surface area (Å²) in [4.78, 5) is 14.5. The first-order valence-corrected chi connectivity index (χ1v) is 2.01. The number of allylic oxidation sites excluding steroid dienone is 1. The lowest BCUT2D eigenvalue weighted by atomic mass is 10.4. The lowest BCUT2D eigenvalue weighted by Gasteiger charge is -1.92. The van der Waals surface area contributed by atoms with Crippen LogP contribution in [-0.4, -0.2) is 12.5 Å². The second kappa shape index (κ2) is 2.96. The highest BCUT2D eigenvalue weighted by Gasteiger charge is 1.97. The molecule has 0 fully saturated rings. The van der Waals surface area contributed by atoms with Crippen molar-refractivity contribution in [3.05, 3.63) is 12.3 Å². The third kappa shape index (κ3) is 2.12. The number of oxime groups is 1. The van der Waals surface area contributed by atoms with Crippen molar-refractivity contribution >= 4 is 12.5 Å². The molecule has 0 aromatic carbocycles. The number of Topliss-reactive ketones (excluding diaryl/α,β-unsaturated/α-hetero) is 1. The summed E-state index contributed by atoms with van der Waals surface area (Å²) >= 11 is 0. The molecule has 0 saturated carbocycles. The van der Waals surface area contributed by atoms with Gasteiger partial charge in [-0.1, -0.05) is 5.16 Å². The number of hydrogen-bond acceptors (Lipinski definition) is 3. The Balaban J connectivity index is 3.65. The summed E-state index contributed by atoms with van der Waals surface area (Å²) in [5, 5.41) is 2.99. The first-order chi connectivity index (χ1) is 3.68. The molecular formula is C5H7NO2. The van der Waals surface area contributed by atoms with Crippen LogP contribution in [0.25, 0.3) is 0 Å². The van der Waals surface area contributed by atoms with E-state index in [9.17, 15) is 4.79 Å². The highest BCUT2D eigenvalue weighted by molar-refractivity contribution is 5.90. The predicted molar refractivity (Wildman–Crippen MR) is 30.5 cm³/mol. The quantitative estimate of drug-likeness (QED) is 0.234. The minimum atomic E-state index is -0.239. The molecule has 0 heterocycles. The maximum absolute atomic E-state index is 10.2. The van der Waals surface area contributed by atoms with Crippen molar-refractivity contribution in [3.63, 3.8) is 0 Å². The normalized spacial score (nSPS) is 7.62. The molecule has 44 valence electrons. The number of hydrogen-bond donors (Lipinski definition) is 0. The van der Waals surface area contributed by atoms with E-state index in [1.165, 1.54) is 6.92 Å². The number of carbonyl (C=O) groups excluding carboxylic acids is 1. The molecule has 0 bridgehead atoms. The molecule has 0 aromatic rings. The van der Waals surface area contributed by atoms with Gasteiger partial charge >= 0.3 is 0 Å². The second-order valence-corrected chi connectivity index (χ2v) is 1.20. The molecule has 0 aliphatic carbocycles. The van der Waals surface area contributed by atoms with Gasteiger partial charge in [-0.2, -0.15) is 0 Å². The van der Waals surface area contributed by atoms with Crippen LogP contribution in [0.2, 0.25) is 0 Å². The van der Waals surface area contributed by atoms with E-state index in [-0.39, 0.29) is 11.5 Å². The molecule has 0 atom stereocenters. The van der Waals surface area contributed by atoms with Crippen LogP contribution in [0, 0.1) is 0 Å². The van der Waals surface area contributed by atoms with Gasteiger partial charge in [0, 0.05) is 13.6 Å². The van der Waals surface area contributed by atoms with E-state index >= 15 is 0 Å². The van der Waals surface area contributed by atoms with Gasteiger partial charge in [-0.05, 0) is 6.58 Å². The van der Waals surface area contributed by atoms with Gasteiger partial charge in [0.05, 0.1) is 0 Å². The molecule has 0 radical (unpaired) electrons. The van der Waals surface area contributed by atoms with Gasteiger partial charge in [-0.15, -0.1) is 0 Å². The fraction of sp³-hybridized carbons (Fsp3) is 0.200. The van der Waals surface area contributed by atoms with Crippen LogP contribution in [0.4, 0.5) is 0 Å². The Bertz CT molecular complexity index is 128. The van der Waals surface area contributed by atoms with Crippen LogP contribution < -0.4 is 0 Å². The second-order valence-electron chi connectivity index (χ2n) is 1.20.